The summed E-state index contributed by atoms with van der Waals surface area (Å²) in [7, 11) is 0. The monoisotopic (exact) mass is 324 g/mol. The quantitative estimate of drug-likeness (QED) is 0.833. The van der Waals surface area contributed by atoms with Gasteiger partial charge in [0, 0.05) is 25.0 Å². The minimum Gasteiger partial charge on any atom is -0.390 e. The fourth-order valence-corrected chi connectivity index (χ4v) is 4.44. The zero-order valence-corrected chi connectivity index (χ0v) is 14.0. The van der Waals surface area contributed by atoms with Crippen molar-refractivity contribution in [3.63, 3.8) is 0 Å². The van der Waals surface area contributed by atoms with Gasteiger partial charge in [0.05, 0.1) is 18.8 Å². The molecule has 3 rings (SSSR count). The molecule has 3 aliphatic rings. The molecule has 1 aliphatic carbocycles. The molecule has 2 aliphatic heterocycles. The lowest BCUT2D eigenvalue weighted by molar-refractivity contribution is -0.150. The summed E-state index contributed by atoms with van der Waals surface area (Å²) in [6.45, 7) is 3.88. The average molecular weight is 324 g/mol. The maximum absolute atomic E-state index is 12.7. The van der Waals surface area contributed by atoms with Gasteiger partial charge in [-0.25, -0.2) is 0 Å². The van der Waals surface area contributed by atoms with Crippen LogP contribution in [0.15, 0.2) is 0 Å². The molecule has 0 bridgehead atoms. The Kier molecular flexibility index (Phi) is 4.92. The summed E-state index contributed by atoms with van der Waals surface area (Å²) < 4.78 is 5.11. The van der Waals surface area contributed by atoms with Gasteiger partial charge >= 0.3 is 0 Å². The van der Waals surface area contributed by atoms with E-state index in [0.29, 0.717) is 13.2 Å². The molecule has 0 aromatic rings. The van der Waals surface area contributed by atoms with E-state index in [9.17, 15) is 14.7 Å². The maximum Gasteiger partial charge on any atom is 0.249 e. The van der Waals surface area contributed by atoms with Crippen molar-refractivity contribution in [3.05, 3.63) is 0 Å². The van der Waals surface area contributed by atoms with Crippen molar-refractivity contribution >= 4 is 11.8 Å². The second kappa shape index (κ2) is 6.77. The van der Waals surface area contributed by atoms with E-state index in [4.69, 9.17) is 4.74 Å². The van der Waals surface area contributed by atoms with Gasteiger partial charge in [-0.3, -0.25) is 9.59 Å². The molecule has 2 saturated heterocycles. The van der Waals surface area contributed by atoms with Gasteiger partial charge in [0.1, 0.15) is 6.61 Å². The molecular formula is C17H28N2O4. The number of carbonyl (C=O) groups excluding carboxylic acids is 2. The standard InChI is InChI=1S/C17H28N2O4/c1-17(22)7-3-2-5-13(17)14-6-4-8-19(14)15(20)11-18-9-10-23-12-16(18)21/h13-14,22H,2-12H2,1H3/t13-,14+,17+/m1/s1. The Morgan fingerprint density at radius 2 is 2.13 bits per heavy atom. The van der Waals surface area contributed by atoms with Crippen molar-refractivity contribution in [2.45, 2.75) is 57.1 Å². The Hall–Kier alpha value is -1.14. The third-order valence-electron chi connectivity index (χ3n) is 5.74. The Morgan fingerprint density at radius 3 is 2.87 bits per heavy atom. The van der Waals surface area contributed by atoms with Crippen LogP contribution in [0.25, 0.3) is 0 Å². The zero-order chi connectivity index (χ0) is 16.4. The van der Waals surface area contributed by atoms with Crippen molar-refractivity contribution in [2.75, 3.05) is 32.8 Å². The number of ether oxygens (including phenoxy) is 1. The fourth-order valence-electron chi connectivity index (χ4n) is 4.44. The lowest BCUT2D eigenvalue weighted by Gasteiger charge is -2.43. The van der Waals surface area contributed by atoms with Crippen LogP contribution >= 0.6 is 0 Å². The summed E-state index contributed by atoms with van der Waals surface area (Å²) in [6.07, 6.45) is 5.94. The molecule has 23 heavy (non-hydrogen) atoms. The van der Waals surface area contributed by atoms with Crippen molar-refractivity contribution in [1.29, 1.82) is 0 Å². The smallest absolute Gasteiger partial charge is 0.249 e. The summed E-state index contributed by atoms with van der Waals surface area (Å²) in [5.41, 5.74) is -0.680. The Labute approximate surface area is 137 Å². The molecular weight excluding hydrogens is 296 g/mol. The minimum atomic E-state index is -0.680. The summed E-state index contributed by atoms with van der Waals surface area (Å²) in [6, 6.07) is 0.119. The van der Waals surface area contributed by atoms with Crippen LogP contribution in [-0.2, 0) is 14.3 Å². The number of carbonyl (C=O) groups is 2. The highest BCUT2D eigenvalue weighted by Gasteiger charge is 2.44. The van der Waals surface area contributed by atoms with Crippen LogP contribution in [0.4, 0.5) is 0 Å². The number of nitrogens with zero attached hydrogens (tertiary/aromatic N) is 2. The number of morpholine rings is 1. The number of amides is 2. The second-order valence-corrected chi connectivity index (χ2v) is 7.37. The minimum absolute atomic E-state index is 0.0177. The first kappa shape index (κ1) is 16.7. The van der Waals surface area contributed by atoms with E-state index in [1.807, 2.05) is 11.8 Å². The molecule has 1 saturated carbocycles. The Morgan fingerprint density at radius 1 is 1.30 bits per heavy atom. The van der Waals surface area contributed by atoms with E-state index >= 15 is 0 Å². The van der Waals surface area contributed by atoms with E-state index in [-0.39, 0.29) is 36.9 Å². The third-order valence-corrected chi connectivity index (χ3v) is 5.74. The first-order chi connectivity index (χ1) is 11.0. The van der Waals surface area contributed by atoms with Crippen molar-refractivity contribution in [1.82, 2.24) is 9.80 Å². The zero-order valence-electron chi connectivity index (χ0n) is 14.0. The molecule has 2 amide bonds. The largest absolute Gasteiger partial charge is 0.390 e. The highest BCUT2D eigenvalue weighted by molar-refractivity contribution is 5.86. The van der Waals surface area contributed by atoms with Gasteiger partial charge in [0.25, 0.3) is 0 Å². The lowest BCUT2D eigenvalue weighted by Crippen LogP contribution is -2.53. The molecule has 0 aromatic carbocycles. The molecule has 0 radical (unpaired) electrons. The lowest BCUT2D eigenvalue weighted by atomic mass is 9.72. The molecule has 1 N–H and O–H groups in total. The first-order valence-corrected chi connectivity index (χ1v) is 8.86. The van der Waals surface area contributed by atoms with E-state index in [1.54, 1.807) is 4.90 Å². The van der Waals surface area contributed by atoms with Crippen LogP contribution in [0.1, 0.15) is 45.4 Å². The summed E-state index contributed by atoms with van der Waals surface area (Å²) in [5, 5.41) is 10.7. The van der Waals surface area contributed by atoms with Crippen molar-refractivity contribution in [2.24, 2.45) is 5.92 Å². The molecule has 3 atom stereocenters. The summed E-state index contributed by atoms with van der Waals surface area (Å²) in [4.78, 5) is 28.1. The van der Waals surface area contributed by atoms with Gasteiger partial charge in [0.2, 0.25) is 11.8 Å². The fraction of sp³-hybridized carbons (Fsp3) is 0.882. The predicted octanol–water partition coefficient (Wildman–Crippen LogP) is 0.777. The normalized spacial score (nSPS) is 35.7. The van der Waals surface area contributed by atoms with Crippen molar-refractivity contribution in [3.8, 4) is 0 Å². The van der Waals surface area contributed by atoms with Gasteiger partial charge in [-0.05, 0) is 32.6 Å². The number of rotatable bonds is 3. The molecule has 0 aromatic heterocycles. The highest BCUT2D eigenvalue weighted by atomic mass is 16.5. The number of hydrogen-bond acceptors (Lipinski definition) is 4. The molecule has 6 heteroatoms. The SMILES string of the molecule is C[C@]1(O)CCCC[C@@H]1[C@@H]1CCCN1C(=O)CN1CCOCC1=O. The predicted molar refractivity (Wildman–Crippen MR) is 84.7 cm³/mol. The summed E-state index contributed by atoms with van der Waals surface area (Å²) in [5.74, 6) is 0.0669. The van der Waals surface area contributed by atoms with Gasteiger partial charge in [0.15, 0.2) is 0 Å². The van der Waals surface area contributed by atoms with E-state index in [2.05, 4.69) is 0 Å². The van der Waals surface area contributed by atoms with E-state index in [1.165, 1.54) is 0 Å². The van der Waals surface area contributed by atoms with Crippen LogP contribution in [0.3, 0.4) is 0 Å². The van der Waals surface area contributed by atoms with Crippen LogP contribution < -0.4 is 0 Å². The number of likely N-dealkylation sites (tertiary alicyclic amines) is 1. The molecule has 0 spiro atoms. The molecule has 3 fully saturated rings. The number of aliphatic hydroxyl groups is 1. The Balaban J connectivity index is 1.66. The molecule has 0 unspecified atom stereocenters. The topological polar surface area (TPSA) is 70.1 Å². The van der Waals surface area contributed by atoms with E-state index < -0.39 is 5.60 Å². The second-order valence-electron chi connectivity index (χ2n) is 7.37. The van der Waals surface area contributed by atoms with Crippen LogP contribution in [0.2, 0.25) is 0 Å². The van der Waals surface area contributed by atoms with Crippen LogP contribution in [-0.4, -0.2) is 71.2 Å². The molecule has 2 heterocycles. The van der Waals surface area contributed by atoms with Gasteiger partial charge in [-0.1, -0.05) is 12.8 Å². The number of hydrogen-bond donors (Lipinski definition) is 1. The van der Waals surface area contributed by atoms with Gasteiger partial charge in [-0.15, -0.1) is 0 Å². The molecule has 6 nitrogen and oxygen atoms in total. The Bertz CT molecular complexity index is 466. The van der Waals surface area contributed by atoms with Crippen molar-refractivity contribution < 1.29 is 19.4 Å². The van der Waals surface area contributed by atoms with Gasteiger partial charge in [-0.2, -0.15) is 0 Å². The average Bonchev–Trinajstić information content (AvgIpc) is 2.98. The highest BCUT2D eigenvalue weighted by Crippen LogP contribution is 2.40. The van der Waals surface area contributed by atoms with Crippen LogP contribution in [0.5, 0.6) is 0 Å². The third kappa shape index (κ3) is 3.53. The van der Waals surface area contributed by atoms with E-state index in [0.717, 1.165) is 45.1 Å². The summed E-state index contributed by atoms with van der Waals surface area (Å²) >= 11 is 0. The van der Waals surface area contributed by atoms with Crippen LogP contribution in [0, 0.1) is 5.92 Å². The maximum atomic E-state index is 12.7. The first-order valence-electron chi connectivity index (χ1n) is 8.86. The van der Waals surface area contributed by atoms with Gasteiger partial charge < -0.3 is 19.6 Å². The molecule has 130 valence electrons.